The molecule has 1 N–H and O–H groups in total. The van der Waals surface area contributed by atoms with Gasteiger partial charge in [-0.3, -0.25) is 0 Å². The average Bonchev–Trinajstić information content (AvgIpc) is 2.84. The maximum atomic E-state index is 13.4. The molecule has 3 rings (SSSR count). The van der Waals surface area contributed by atoms with Gasteiger partial charge in [-0.1, -0.05) is 0 Å². The molecule has 0 radical (unpaired) electrons. The summed E-state index contributed by atoms with van der Waals surface area (Å²) in [5, 5.41) is 18.1. The number of hydrogen-bond acceptors (Lipinski definition) is 3. The number of rotatable bonds is 2. The summed E-state index contributed by atoms with van der Waals surface area (Å²) in [6.45, 7) is -0.663. The van der Waals surface area contributed by atoms with Crippen molar-refractivity contribution in [1.29, 1.82) is 5.26 Å². The normalized spacial score (nSPS) is 29.1. The fourth-order valence-electron chi connectivity index (χ4n) is 3.27. The SMILES string of the molecule is N#Cc1ccc(N2C[C@H]3C([C@@H]2CO)C3(F)F)cc1C(F)(F)F. The molecule has 0 spiro atoms. The maximum Gasteiger partial charge on any atom is 0.417 e. The molecule has 1 aliphatic carbocycles. The number of nitrogens with zero attached hydrogens (tertiary/aromatic N) is 2. The van der Waals surface area contributed by atoms with E-state index in [1.807, 2.05) is 0 Å². The minimum atomic E-state index is -4.71. The van der Waals surface area contributed by atoms with Crippen LogP contribution in [-0.2, 0) is 6.18 Å². The van der Waals surface area contributed by atoms with Gasteiger partial charge in [-0.15, -0.1) is 0 Å². The van der Waals surface area contributed by atoms with Crippen molar-refractivity contribution in [3.05, 3.63) is 29.3 Å². The van der Waals surface area contributed by atoms with E-state index in [0.29, 0.717) is 0 Å². The molecule has 3 atom stereocenters. The molecule has 0 amide bonds. The second-order valence-corrected chi connectivity index (χ2v) is 5.55. The lowest BCUT2D eigenvalue weighted by atomic mass is 10.1. The highest BCUT2D eigenvalue weighted by Gasteiger charge is 2.75. The van der Waals surface area contributed by atoms with E-state index in [9.17, 15) is 27.1 Å². The van der Waals surface area contributed by atoms with Gasteiger partial charge in [-0.25, -0.2) is 8.78 Å². The molecule has 1 aliphatic heterocycles. The van der Waals surface area contributed by atoms with E-state index in [-0.39, 0.29) is 12.2 Å². The number of aliphatic hydroxyl groups is 1. The monoisotopic (exact) mass is 318 g/mol. The number of aliphatic hydroxyl groups excluding tert-OH is 1. The molecule has 22 heavy (non-hydrogen) atoms. The van der Waals surface area contributed by atoms with Crippen molar-refractivity contribution in [3.63, 3.8) is 0 Å². The summed E-state index contributed by atoms with van der Waals surface area (Å²) in [4.78, 5) is 1.36. The molecule has 8 heteroatoms. The van der Waals surface area contributed by atoms with Gasteiger partial charge in [0.1, 0.15) is 0 Å². The molecule has 1 aromatic rings. The Hall–Kier alpha value is -1.88. The van der Waals surface area contributed by atoms with Crippen molar-refractivity contribution in [2.45, 2.75) is 18.1 Å². The van der Waals surface area contributed by atoms with Gasteiger partial charge in [0.2, 0.25) is 0 Å². The number of hydrogen-bond donors (Lipinski definition) is 1. The second-order valence-electron chi connectivity index (χ2n) is 5.55. The van der Waals surface area contributed by atoms with E-state index in [2.05, 4.69) is 0 Å². The predicted octanol–water partition coefficient (Wildman–Crippen LogP) is 2.64. The fraction of sp³-hybridized carbons (Fsp3) is 0.500. The van der Waals surface area contributed by atoms with Gasteiger partial charge >= 0.3 is 6.18 Å². The second kappa shape index (κ2) is 4.56. The number of piperidine rings is 1. The molecule has 118 valence electrons. The van der Waals surface area contributed by atoms with Crippen LogP contribution in [0.5, 0.6) is 0 Å². The van der Waals surface area contributed by atoms with Crippen molar-refractivity contribution < 1.29 is 27.1 Å². The van der Waals surface area contributed by atoms with Crippen LogP contribution in [0.15, 0.2) is 18.2 Å². The fourth-order valence-corrected chi connectivity index (χ4v) is 3.27. The van der Waals surface area contributed by atoms with Crippen LogP contribution >= 0.6 is 0 Å². The molecule has 1 unspecified atom stereocenters. The van der Waals surface area contributed by atoms with E-state index >= 15 is 0 Å². The quantitative estimate of drug-likeness (QED) is 0.853. The van der Waals surface area contributed by atoms with E-state index in [1.54, 1.807) is 0 Å². The third kappa shape index (κ3) is 2.03. The van der Waals surface area contributed by atoms with Gasteiger partial charge in [0, 0.05) is 12.2 Å². The van der Waals surface area contributed by atoms with E-state index in [4.69, 9.17) is 5.26 Å². The Kier molecular flexibility index (Phi) is 3.11. The van der Waals surface area contributed by atoms with Gasteiger partial charge in [0.05, 0.1) is 41.7 Å². The van der Waals surface area contributed by atoms with E-state index < -0.39 is 47.7 Å². The minimum absolute atomic E-state index is 0.0911. The van der Waals surface area contributed by atoms with Crippen molar-refractivity contribution in [2.24, 2.45) is 11.8 Å². The molecule has 1 saturated heterocycles. The molecule has 1 saturated carbocycles. The Morgan fingerprint density at radius 3 is 2.59 bits per heavy atom. The van der Waals surface area contributed by atoms with Crippen LogP contribution in [0.4, 0.5) is 27.6 Å². The van der Waals surface area contributed by atoms with Gasteiger partial charge in [-0.2, -0.15) is 18.4 Å². The summed E-state index contributed by atoms with van der Waals surface area (Å²) in [7, 11) is 0. The summed E-state index contributed by atoms with van der Waals surface area (Å²) < 4.78 is 65.6. The average molecular weight is 318 g/mol. The zero-order valence-corrected chi connectivity index (χ0v) is 11.1. The predicted molar refractivity (Wildman–Crippen MR) is 66.3 cm³/mol. The standard InChI is InChI=1S/C14H11F5N2O/c15-13(16)10-5-21(11(6-22)12(10)13)8-2-1-7(4-20)9(3-8)14(17,18)19/h1-3,10-12,22H,5-6H2/t10-,11-,12?/m0/s1. The summed E-state index contributed by atoms with van der Waals surface area (Å²) >= 11 is 0. The number of nitriles is 1. The lowest BCUT2D eigenvalue weighted by Crippen LogP contribution is -2.39. The first-order valence-corrected chi connectivity index (χ1v) is 6.58. The molecular formula is C14H11F5N2O. The lowest BCUT2D eigenvalue weighted by molar-refractivity contribution is -0.137. The maximum absolute atomic E-state index is 13.4. The molecule has 2 aliphatic rings. The Balaban J connectivity index is 1.96. The van der Waals surface area contributed by atoms with Crippen LogP contribution in [0.25, 0.3) is 0 Å². The number of halogens is 5. The zero-order valence-electron chi connectivity index (χ0n) is 11.1. The molecule has 2 fully saturated rings. The van der Waals surface area contributed by atoms with Crippen molar-refractivity contribution in [3.8, 4) is 6.07 Å². The molecule has 3 nitrogen and oxygen atoms in total. The highest BCUT2D eigenvalue weighted by atomic mass is 19.4. The van der Waals surface area contributed by atoms with Crippen molar-refractivity contribution in [2.75, 3.05) is 18.1 Å². The zero-order chi connectivity index (χ0) is 16.3. The van der Waals surface area contributed by atoms with Gasteiger partial charge in [0.15, 0.2) is 0 Å². The van der Waals surface area contributed by atoms with Crippen LogP contribution in [0.3, 0.4) is 0 Å². The Labute approximate surface area is 122 Å². The van der Waals surface area contributed by atoms with Gasteiger partial charge in [0.25, 0.3) is 5.92 Å². The smallest absolute Gasteiger partial charge is 0.394 e. The van der Waals surface area contributed by atoms with E-state index in [0.717, 1.165) is 12.1 Å². The summed E-state index contributed by atoms with van der Waals surface area (Å²) in [5.41, 5.74) is -1.53. The number of alkyl halides is 5. The first-order chi connectivity index (χ1) is 10.2. The highest BCUT2D eigenvalue weighted by molar-refractivity contribution is 5.57. The third-order valence-electron chi connectivity index (χ3n) is 4.42. The van der Waals surface area contributed by atoms with Crippen LogP contribution < -0.4 is 4.90 Å². The topological polar surface area (TPSA) is 47.3 Å². The lowest BCUT2D eigenvalue weighted by Gasteiger charge is -2.30. The first-order valence-electron chi connectivity index (χ1n) is 6.58. The van der Waals surface area contributed by atoms with Crippen molar-refractivity contribution in [1.82, 2.24) is 0 Å². The van der Waals surface area contributed by atoms with Crippen LogP contribution in [0.1, 0.15) is 11.1 Å². The molecule has 1 heterocycles. The van der Waals surface area contributed by atoms with Gasteiger partial charge < -0.3 is 10.0 Å². The Morgan fingerprint density at radius 1 is 1.36 bits per heavy atom. The van der Waals surface area contributed by atoms with E-state index in [1.165, 1.54) is 17.0 Å². The summed E-state index contributed by atoms with van der Waals surface area (Å²) in [5.74, 6) is -4.82. The Morgan fingerprint density at radius 2 is 2.05 bits per heavy atom. The molecule has 0 bridgehead atoms. The molecule has 0 aromatic heterocycles. The largest absolute Gasteiger partial charge is 0.417 e. The minimum Gasteiger partial charge on any atom is -0.394 e. The molecular weight excluding hydrogens is 307 g/mol. The highest BCUT2D eigenvalue weighted by Crippen LogP contribution is 2.62. The number of anilines is 1. The first kappa shape index (κ1) is 15.0. The number of fused-ring (bicyclic) bond motifs is 1. The number of benzene rings is 1. The van der Waals surface area contributed by atoms with Crippen molar-refractivity contribution >= 4 is 5.69 Å². The third-order valence-corrected chi connectivity index (χ3v) is 4.42. The van der Waals surface area contributed by atoms with Crippen LogP contribution in [0.2, 0.25) is 0 Å². The Bertz CT molecular complexity index is 652. The van der Waals surface area contributed by atoms with Crippen LogP contribution in [-0.4, -0.2) is 30.2 Å². The molecule has 1 aromatic carbocycles. The van der Waals surface area contributed by atoms with Gasteiger partial charge in [-0.05, 0) is 18.2 Å². The summed E-state index contributed by atoms with van der Waals surface area (Å²) in [6.07, 6.45) is -4.71. The van der Waals surface area contributed by atoms with Crippen LogP contribution in [0, 0.1) is 23.2 Å². The summed E-state index contributed by atoms with van der Waals surface area (Å²) in [6, 6.07) is 3.65.